The summed E-state index contributed by atoms with van der Waals surface area (Å²) in [7, 11) is 4.32. The summed E-state index contributed by atoms with van der Waals surface area (Å²) in [5.41, 5.74) is 4.07. The third-order valence-corrected chi connectivity index (χ3v) is 3.17. The smallest absolute Gasteiger partial charge is 0.0393 e. The monoisotopic (exact) mass is 204 g/mol. The third-order valence-electron chi connectivity index (χ3n) is 3.17. The number of nitrogens with zero attached hydrogens (tertiary/aromatic N) is 1. The van der Waals surface area contributed by atoms with E-state index in [1.165, 1.54) is 23.2 Å². The zero-order valence-electron chi connectivity index (χ0n) is 10.0. The molecule has 1 aliphatic rings. The number of aryl methyl sites for hydroxylation is 1. The van der Waals surface area contributed by atoms with Crippen LogP contribution in [0.1, 0.15) is 30.5 Å². The minimum Gasteiger partial charge on any atom is -0.382 e. The number of hydrogen-bond donors (Lipinski definition) is 1. The van der Waals surface area contributed by atoms with Gasteiger partial charge in [0.25, 0.3) is 0 Å². The van der Waals surface area contributed by atoms with Crippen LogP contribution in [0.15, 0.2) is 18.2 Å². The predicted molar refractivity (Wildman–Crippen MR) is 65.3 cm³/mol. The molecule has 0 spiro atoms. The molecule has 2 unspecified atom stereocenters. The first-order valence-electron chi connectivity index (χ1n) is 5.61. The summed E-state index contributed by atoms with van der Waals surface area (Å²) in [4.78, 5) is 2.31. The second kappa shape index (κ2) is 3.86. The number of hydrogen-bond acceptors (Lipinski definition) is 2. The van der Waals surface area contributed by atoms with Gasteiger partial charge in [-0.3, -0.25) is 0 Å². The molecule has 0 fully saturated rings. The van der Waals surface area contributed by atoms with E-state index in [0.717, 1.165) is 0 Å². The molecule has 1 aliphatic heterocycles. The van der Waals surface area contributed by atoms with E-state index in [-0.39, 0.29) is 0 Å². The molecule has 15 heavy (non-hydrogen) atoms. The maximum atomic E-state index is 3.56. The highest BCUT2D eigenvalue weighted by Gasteiger charge is 2.25. The third kappa shape index (κ3) is 2.00. The van der Waals surface area contributed by atoms with Gasteiger partial charge in [-0.05, 0) is 51.6 Å². The van der Waals surface area contributed by atoms with Crippen LogP contribution in [-0.2, 0) is 0 Å². The van der Waals surface area contributed by atoms with Gasteiger partial charge >= 0.3 is 0 Å². The minimum absolute atomic E-state index is 0.553. The van der Waals surface area contributed by atoms with E-state index < -0.39 is 0 Å². The second-order valence-electron chi connectivity index (χ2n) is 4.85. The van der Waals surface area contributed by atoms with Crippen LogP contribution >= 0.6 is 0 Å². The van der Waals surface area contributed by atoms with Gasteiger partial charge in [-0.1, -0.05) is 12.1 Å². The molecule has 82 valence electrons. The summed E-state index contributed by atoms with van der Waals surface area (Å²) in [5.74, 6) is 0. The summed E-state index contributed by atoms with van der Waals surface area (Å²) in [6.07, 6.45) is 1.18. The van der Waals surface area contributed by atoms with Crippen molar-refractivity contribution in [1.29, 1.82) is 0 Å². The fraction of sp³-hybridized carbons (Fsp3) is 0.538. The van der Waals surface area contributed by atoms with Crippen molar-refractivity contribution in [2.45, 2.75) is 32.4 Å². The maximum Gasteiger partial charge on any atom is 0.0393 e. The SMILES string of the molecule is Cc1ccc2c(c1)NC(C)CC2N(C)C. The lowest BCUT2D eigenvalue weighted by Crippen LogP contribution is -2.32. The van der Waals surface area contributed by atoms with Gasteiger partial charge < -0.3 is 10.2 Å². The molecule has 0 saturated carbocycles. The van der Waals surface area contributed by atoms with E-state index in [0.29, 0.717) is 12.1 Å². The lowest BCUT2D eigenvalue weighted by Gasteiger charge is -2.35. The quantitative estimate of drug-likeness (QED) is 0.756. The van der Waals surface area contributed by atoms with Crippen LogP contribution in [0.25, 0.3) is 0 Å². The molecule has 0 radical (unpaired) electrons. The van der Waals surface area contributed by atoms with Crippen molar-refractivity contribution in [2.75, 3.05) is 19.4 Å². The van der Waals surface area contributed by atoms with Gasteiger partial charge in [0.15, 0.2) is 0 Å². The first kappa shape index (κ1) is 10.5. The van der Waals surface area contributed by atoms with E-state index in [4.69, 9.17) is 0 Å². The van der Waals surface area contributed by atoms with Gasteiger partial charge in [0, 0.05) is 17.8 Å². The molecule has 1 heterocycles. The molecule has 0 saturated heterocycles. The van der Waals surface area contributed by atoms with Gasteiger partial charge in [-0.2, -0.15) is 0 Å². The zero-order valence-corrected chi connectivity index (χ0v) is 10.0. The van der Waals surface area contributed by atoms with Gasteiger partial charge in [0.2, 0.25) is 0 Å². The first-order valence-corrected chi connectivity index (χ1v) is 5.61. The van der Waals surface area contributed by atoms with Gasteiger partial charge in [0.05, 0.1) is 0 Å². The largest absolute Gasteiger partial charge is 0.382 e. The summed E-state index contributed by atoms with van der Waals surface area (Å²) in [6, 6.07) is 7.83. The Morgan fingerprint density at radius 2 is 2.07 bits per heavy atom. The van der Waals surface area contributed by atoms with E-state index >= 15 is 0 Å². The average Bonchev–Trinajstić information content (AvgIpc) is 2.15. The maximum absolute atomic E-state index is 3.56. The standard InChI is InChI=1S/C13H20N2/c1-9-5-6-11-12(7-9)14-10(2)8-13(11)15(3)4/h5-7,10,13-14H,8H2,1-4H3. The molecule has 2 nitrogen and oxygen atoms in total. The number of rotatable bonds is 1. The summed E-state index contributed by atoms with van der Waals surface area (Å²) in [5, 5.41) is 3.56. The molecular weight excluding hydrogens is 184 g/mol. The zero-order chi connectivity index (χ0) is 11.0. The number of nitrogens with one attached hydrogen (secondary N) is 1. The highest BCUT2D eigenvalue weighted by Crippen LogP contribution is 2.35. The highest BCUT2D eigenvalue weighted by atomic mass is 15.1. The van der Waals surface area contributed by atoms with E-state index in [9.17, 15) is 0 Å². The topological polar surface area (TPSA) is 15.3 Å². The van der Waals surface area contributed by atoms with Crippen LogP contribution in [0.2, 0.25) is 0 Å². The molecule has 1 N–H and O–H groups in total. The Kier molecular flexibility index (Phi) is 2.70. The second-order valence-corrected chi connectivity index (χ2v) is 4.85. The molecule has 0 aliphatic carbocycles. The lowest BCUT2D eigenvalue weighted by molar-refractivity contribution is 0.270. The highest BCUT2D eigenvalue weighted by molar-refractivity contribution is 5.57. The number of fused-ring (bicyclic) bond motifs is 1. The normalized spacial score (nSPS) is 24.9. The Morgan fingerprint density at radius 3 is 2.73 bits per heavy atom. The predicted octanol–water partition coefficient (Wildman–Crippen LogP) is 2.80. The molecule has 1 aromatic carbocycles. The van der Waals surface area contributed by atoms with E-state index in [1.54, 1.807) is 0 Å². The molecule has 0 amide bonds. The molecule has 1 aromatic rings. The van der Waals surface area contributed by atoms with Crippen molar-refractivity contribution in [3.63, 3.8) is 0 Å². The number of benzene rings is 1. The average molecular weight is 204 g/mol. The first-order chi connectivity index (χ1) is 7.08. The Balaban J connectivity index is 2.42. The van der Waals surface area contributed by atoms with Crippen molar-refractivity contribution in [2.24, 2.45) is 0 Å². The molecule has 2 heteroatoms. The summed E-state index contributed by atoms with van der Waals surface area (Å²) in [6.45, 7) is 4.40. The molecule has 0 aromatic heterocycles. The minimum atomic E-state index is 0.553. The molecule has 0 bridgehead atoms. The Morgan fingerprint density at radius 1 is 1.33 bits per heavy atom. The van der Waals surface area contributed by atoms with Crippen molar-refractivity contribution >= 4 is 5.69 Å². The molecule has 2 rings (SSSR count). The van der Waals surface area contributed by atoms with Crippen LogP contribution < -0.4 is 5.32 Å². The van der Waals surface area contributed by atoms with Crippen LogP contribution in [0.3, 0.4) is 0 Å². The van der Waals surface area contributed by atoms with Crippen molar-refractivity contribution in [1.82, 2.24) is 4.90 Å². The van der Waals surface area contributed by atoms with Crippen molar-refractivity contribution in [3.05, 3.63) is 29.3 Å². The summed E-state index contributed by atoms with van der Waals surface area (Å²) >= 11 is 0. The van der Waals surface area contributed by atoms with Gasteiger partial charge in [-0.15, -0.1) is 0 Å². The van der Waals surface area contributed by atoms with Crippen LogP contribution in [0.5, 0.6) is 0 Å². The fourth-order valence-corrected chi connectivity index (χ4v) is 2.36. The van der Waals surface area contributed by atoms with Crippen molar-refractivity contribution < 1.29 is 0 Å². The van der Waals surface area contributed by atoms with Gasteiger partial charge in [0.1, 0.15) is 0 Å². The molecule has 2 atom stereocenters. The number of anilines is 1. The molecular formula is C13H20N2. The Labute approximate surface area is 92.3 Å². The van der Waals surface area contributed by atoms with E-state index in [2.05, 4.69) is 56.4 Å². The van der Waals surface area contributed by atoms with Crippen LogP contribution in [0.4, 0.5) is 5.69 Å². The van der Waals surface area contributed by atoms with E-state index in [1.807, 2.05) is 0 Å². The van der Waals surface area contributed by atoms with Crippen LogP contribution in [0, 0.1) is 6.92 Å². The summed E-state index contributed by atoms with van der Waals surface area (Å²) < 4.78 is 0. The fourth-order valence-electron chi connectivity index (χ4n) is 2.36. The Hall–Kier alpha value is -1.02. The van der Waals surface area contributed by atoms with Crippen LogP contribution in [-0.4, -0.2) is 25.0 Å². The van der Waals surface area contributed by atoms with Crippen molar-refractivity contribution in [3.8, 4) is 0 Å². The Bertz CT molecular complexity index is 358. The van der Waals surface area contributed by atoms with Gasteiger partial charge in [-0.25, -0.2) is 0 Å². The lowest BCUT2D eigenvalue weighted by atomic mass is 9.92.